The Kier molecular flexibility index (Phi) is 3.20. The monoisotopic (exact) mass is 300 g/mol. The molecule has 1 saturated heterocycles. The van der Waals surface area contributed by atoms with Gasteiger partial charge < -0.3 is 0 Å². The summed E-state index contributed by atoms with van der Waals surface area (Å²) in [5.74, 6) is 0.361. The zero-order chi connectivity index (χ0) is 16.1. The first-order valence-electron chi connectivity index (χ1n) is 7.36. The molecule has 0 saturated carbocycles. The largest absolute Gasteiger partial charge is 0.329 e. The van der Waals surface area contributed by atoms with E-state index in [1.165, 1.54) is 10.5 Å². The van der Waals surface area contributed by atoms with Crippen LogP contribution >= 0.6 is 0 Å². The molecular weight excluding hydrogens is 280 g/mol. The Bertz CT molecular complexity index is 770. The van der Waals surface area contributed by atoms with E-state index in [-0.39, 0.29) is 11.3 Å². The number of urea groups is 1. The highest BCUT2D eigenvalue weighted by molar-refractivity contribution is 6.08. The molecule has 1 aromatic heterocycles. The van der Waals surface area contributed by atoms with Crippen LogP contribution in [-0.4, -0.2) is 28.3 Å². The molecule has 0 bridgehead atoms. The van der Waals surface area contributed by atoms with Crippen LogP contribution in [0.4, 0.5) is 10.6 Å². The standard InChI is InChI=1S/C16H20N4O2/c1-16(2,3)10-5-6-11-12(9-10)19(4)18-14(11)20-8-7-13(21)17-15(20)22/h5-6,9H,7-8H2,1-4H3,(H,17,21,22). The average Bonchev–Trinajstić information content (AvgIpc) is 2.75. The SMILES string of the molecule is Cn1nc(N2CCC(=O)NC2=O)c2ccc(C(C)(C)C)cc21. The molecule has 0 radical (unpaired) electrons. The summed E-state index contributed by atoms with van der Waals surface area (Å²) in [6, 6.07) is 5.78. The highest BCUT2D eigenvalue weighted by Crippen LogP contribution is 2.31. The number of carbonyl (C=O) groups is 2. The van der Waals surface area contributed by atoms with Crippen molar-refractivity contribution in [2.75, 3.05) is 11.4 Å². The van der Waals surface area contributed by atoms with E-state index in [1.807, 2.05) is 13.1 Å². The third-order valence-corrected chi connectivity index (χ3v) is 4.01. The van der Waals surface area contributed by atoms with Gasteiger partial charge in [0.1, 0.15) is 0 Å². The summed E-state index contributed by atoms with van der Waals surface area (Å²) in [5, 5.41) is 7.74. The molecule has 1 aliphatic heterocycles. The number of anilines is 1. The number of fused-ring (bicyclic) bond motifs is 1. The fourth-order valence-electron chi connectivity index (χ4n) is 2.67. The molecule has 0 atom stereocenters. The third kappa shape index (κ3) is 2.34. The van der Waals surface area contributed by atoms with Crippen molar-refractivity contribution in [3.05, 3.63) is 23.8 Å². The summed E-state index contributed by atoms with van der Waals surface area (Å²) in [6.45, 7) is 6.84. The van der Waals surface area contributed by atoms with Crippen molar-refractivity contribution < 1.29 is 9.59 Å². The Balaban J connectivity index is 2.09. The lowest BCUT2D eigenvalue weighted by Gasteiger charge is -2.24. The molecule has 6 nitrogen and oxygen atoms in total. The van der Waals surface area contributed by atoms with E-state index in [1.54, 1.807) is 4.68 Å². The molecule has 1 aromatic carbocycles. The number of nitrogens with one attached hydrogen (secondary N) is 1. The number of aromatic nitrogens is 2. The fourth-order valence-corrected chi connectivity index (χ4v) is 2.67. The smallest absolute Gasteiger partial charge is 0.278 e. The summed E-state index contributed by atoms with van der Waals surface area (Å²) < 4.78 is 1.78. The molecular formula is C16H20N4O2. The predicted molar refractivity (Wildman–Crippen MR) is 84.9 cm³/mol. The molecule has 1 fully saturated rings. The van der Waals surface area contributed by atoms with E-state index < -0.39 is 6.03 Å². The Morgan fingerprint density at radius 1 is 1.23 bits per heavy atom. The van der Waals surface area contributed by atoms with Gasteiger partial charge >= 0.3 is 6.03 Å². The Labute approximate surface area is 129 Å². The highest BCUT2D eigenvalue weighted by atomic mass is 16.2. The fraction of sp³-hybridized carbons (Fsp3) is 0.438. The molecule has 0 aliphatic carbocycles. The minimum absolute atomic E-state index is 0.0491. The molecule has 3 amide bonds. The topological polar surface area (TPSA) is 67.2 Å². The van der Waals surface area contributed by atoms with Crippen molar-refractivity contribution in [2.24, 2.45) is 7.05 Å². The second-order valence-electron chi connectivity index (χ2n) is 6.68. The number of rotatable bonds is 1. The molecule has 0 unspecified atom stereocenters. The minimum Gasteiger partial charge on any atom is -0.278 e. The zero-order valence-corrected chi connectivity index (χ0v) is 13.3. The van der Waals surface area contributed by atoms with E-state index in [0.717, 1.165) is 10.9 Å². The Morgan fingerprint density at radius 3 is 2.59 bits per heavy atom. The van der Waals surface area contributed by atoms with Gasteiger partial charge in [-0.2, -0.15) is 5.10 Å². The number of amides is 3. The Hall–Kier alpha value is -2.37. The van der Waals surface area contributed by atoms with Crippen LogP contribution in [0.15, 0.2) is 18.2 Å². The molecule has 2 heterocycles. The lowest BCUT2D eigenvalue weighted by atomic mass is 9.86. The van der Waals surface area contributed by atoms with Crippen LogP contribution in [0.2, 0.25) is 0 Å². The lowest BCUT2D eigenvalue weighted by Crippen LogP contribution is -2.49. The zero-order valence-electron chi connectivity index (χ0n) is 13.3. The highest BCUT2D eigenvalue weighted by Gasteiger charge is 2.28. The minimum atomic E-state index is -0.406. The second kappa shape index (κ2) is 4.83. The van der Waals surface area contributed by atoms with Gasteiger partial charge in [-0.25, -0.2) is 4.79 Å². The first-order chi connectivity index (χ1) is 10.3. The van der Waals surface area contributed by atoms with E-state index in [9.17, 15) is 9.59 Å². The van der Waals surface area contributed by atoms with Gasteiger partial charge in [0.15, 0.2) is 5.82 Å². The summed E-state index contributed by atoms with van der Waals surface area (Å²) in [4.78, 5) is 24.8. The predicted octanol–water partition coefficient (Wildman–Crippen LogP) is 2.32. The van der Waals surface area contributed by atoms with Crippen LogP contribution in [-0.2, 0) is 17.3 Å². The van der Waals surface area contributed by atoms with Crippen LogP contribution in [0.25, 0.3) is 10.9 Å². The number of hydrogen-bond acceptors (Lipinski definition) is 3. The van der Waals surface area contributed by atoms with Crippen LogP contribution in [0, 0.1) is 0 Å². The molecule has 22 heavy (non-hydrogen) atoms. The van der Waals surface area contributed by atoms with E-state index >= 15 is 0 Å². The summed E-state index contributed by atoms with van der Waals surface area (Å²) in [5.41, 5.74) is 2.24. The van der Waals surface area contributed by atoms with Crippen LogP contribution in [0.5, 0.6) is 0 Å². The van der Waals surface area contributed by atoms with Crippen molar-refractivity contribution >= 4 is 28.7 Å². The van der Waals surface area contributed by atoms with E-state index in [0.29, 0.717) is 18.8 Å². The van der Waals surface area contributed by atoms with E-state index in [2.05, 4.69) is 43.3 Å². The number of nitrogens with zero attached hydrogens (tertiary/aromatic N) is 3. The van der Waals surface area contributed by atoms with Crippen molar-refractivity contribution in [1.29, 1.82) is 0 Å². The molecule has 2 aromatic rings. The van der Waals surface area contributed by atoms with Crippen molar-refractivity contribution in [3.8, 4) is 0 Å². The van der Waals surface area contributed by atoms with Gasteiger partial charge in [-0.3, -0.25) is 19.7 Å². The average molecular weight is 300 g/mol. The molecule has 1 aliphatic rings. The van der Waals surface area contributed by atoms with Crippen LogP contribution < -0.4 is 10.2 Å². The summed E-state index contributed by atoms with van der Waals surface area (Å²) in [6.07, 6.45) is 0.296. The van der Waals surface area contributed by atoms with E-state index in [4.69, 9.17) is 0 Å². The van der Waals surface area contributed by atoms with Gasteiger partial charge in [0.25, 0.3) is 0 Å². The maximum atomic E-state index is 12.0. The third-order valence-electron chi connectivity index (χ3n) is 4.01. The van der Waals surface area contributed by atoms with Crippen LogP contribution in [0.3, 0.4) is 0 Å². The first-order valence-corrected chi connectivity index (χ1v) is 7.36. The van der Waals surface area contributed by atoms with Gasteiger partial charge in [0.2, 0.25) is 5.91 Å². The van der Waals surface area contributed by atoms with Crippen molar-refractivity contribution in [3.63, 3.8) is 0 Å². The molecule has 3 rings (SSSR count). The molecule has 1 N–H and O–H groups in total. The summed E-state index contributed by atoms with van der Waals surface area (Å²) in [7, 11) is 1.87. The lowest BCUT2D eigenvalue weighted by molar-refractivity contribution is -0.120. The van der Waals surface area contributed by atoms with Gasteiger partial charge in [0, 0.05) is 25.4 Å². The maximum absolute atomic E-state index is 12.0. The second-order valence-corrected chi connectivity index (χ2v) is 6.68. The maximum Gasteiger partial charge on any atom is 0.329 e. The van der Waals surface area contributed by atoms with Crippen LogP contribution in [0.1, 0.15) is 32.8 Å². The summed E-state index contributed by atoms with van der Waals surface area (Å²) >= 11 is 0. The molecule has 116 valence electrons. The quantitative estimate of drug-likeness (QED) is 0.879. The number of aryl methyl sites for hydroxylation is 1. The van der Waals surface area contributed by atoms with Gasteiger partial charge in [-0.15, -0.1) is 0 Å². The number of hydrogen-bond donors (Lipinski definition) is 1. The molecule has 6 heteroatoms. The van der Waals surface area contributed by atoms with Gasteiger partial charge in [-0.05, 0) is 23.1 Å². The van der Waals surface area contributed by atoms with Crippen molar-refractivity contribution in [1.82, 2.24) is 15.1 Å². The normalized spacial score (nSPS) is 16.3. The Morgan fingerprint density at radius 2 is 1.95 bits per heavy atom. The number of carbonyl (C=O) groups excluding carboxylic acids is 2. The molecule has 0 spiro atoms. The number of benzene rings is 1. The van der Waals surface area contributed by atoms with Crippen molar-refractivity contribution in [2.45, 2.75) is 32.6 Å². The van der Waals surface area contributed by atoms with Gasteiger partial charge in [0.05, 0.1) is 5.52 Å². The first kappa shape index (κ1) is 14.6. The number of imide groups is 1. The van der Waals surface area contributed by atoms with Gasteiger partial charge in [-0.1, -0.05) is 26.8 Å².